The largest absolute Gasteiger partial charge is 0.299 e. The molecule has 0 aliphatic carbocycles. The van der Waals surface area contributed by atoms with Gasteiger partial charge in [-0.2, -0.15) is 0 Å². The van der Waals surface area contributed by atoms with Gasteiger partial charge in [0.2, 0.25) is 0 Å². The van der Waals surface area contributed by atoms with Gasteiger partial charge in [0.25, 0.3) is 0 Å². The third kappa shape index (κ3) is 3.05. The highest BCUT2D eigenvalue weighted by molar-refractivity contribution is 5.14. The molecule has 0 spiro atoms. The molecule has 1 radical (unpaired) electrons. The lowest BCUT2D eigenvalue weighted by molar-refractivity contribution is 0.193. The van der Waals surface area contributed by atoms with Crippen LogP contribution in [0.1, 0.15) is 18.4 Å². The average molecular weight is 203 g/mol. The summed E-state index contributed by atoms with van der Waals surface area (Å²) in [6.45, 7) is 3.48. The number of piperidine rings is 1. The van der Waals surface area contributed by atoms with Gasteiger partial charge in [0.1, 0.15) is 0 Å². The second-order valence-corrected chi connectivity index (χ2v) is 4.25. The van der Waals surface area contributed by atoms with Crippen LogP contribution in [0.2, 0.25) is 0 Å². The minimum Gasteiger partial charge on any atom is -0.299 e. The molecule has 0 aromatic heterocycles. The van der Waals surface area contributed by atoms with Crippen LogP contribution in [0.5, 0.6) is 0 Å². The Balaban J connectivity index is 1.82. The summed E-state index contributed by atoms with van der Waals surface area (Å²) in [5.74, 6) is 0. The SMILES string of the molecule is C[N]C1CCN(Cc2ccccc2)CC1. The predicted octanol–water partition coefficient (Wildman–Crippen LogP) is 1.89. The van der Waals surface area contributed by atoms with Crippen LogP contribution in [0.15, 0.2) is 30.3 Å². The van der Waals surface area contributed by atoms with Crippen LogP contribution in [0.25, 0.3) is 0 Å². The average Bonchev–Trinajstić information content (AvgIpc) is 2.31. The van der Waals surface area contributed by atoms with E-state index in [0.717, 1.165) is 6.54 Å². The van der Waals surface area contributed by atoms with Gasteiger partial charge in [-0.3, -0.25) is 4.90 Å². The summed E-state index contributed by atoms with van der Waals surface area (Å²) < 4.78 is 0. The van der Waals surface area contributed by atoms with Crippen molar-refractivity contribution >= 4 is 0 Å². The molecule has 2 rings (SSSR count). The normalized spacial score (nSPS) is 19.3. The van der Waals surface area contributed by atoms with E-state index in [-0.39, 0.29) is 0 Å². The van der Waals surface area contributed by atoms with Crippen LogP contribution in [-0.4, -0.2) is 31.1 Å². The minimum absolute atomic E-state index is 0.608. The molecular weight excluding hydrogens is 184 g/mol. The van der Waals surface area contributed by atoms with E-state index < -0.39 is 0 Å². The monoisotopic (exact) mass is 203 g/mol. The number of rotatable bonds is 3. The number of hydrogen-bond donors (Lipinski definition) is 0. The van der Waals surface area contributed by atoms with Crippen molar-refractivity contribution in [1.82, 2.24) is 10.2 Å². The van der Waals surface area contributed by atoms with Gasteiger partial charge < -0.3 is 0 Å². The fraction of sp³-hybridized carbons (Fsp3) is 0.538. The van der Waals surface area contributed by atoms with Crippen LogP contribution >= 0.6 is 0 Å². The van der Waals surface area contributed by atoms with Gasteiger partial charge >= 0.3 is 0 Å². The lowest BCUT2D eigenvalue weighted by Gasteiger charge is -2.31. The summed E-state index contributed by atoms with van der Waals surface area (Å²) in [4.78, 5) is 2.52. The molecule has 0 N–H and O–H groups in total. The van der Waals surface area contributed by atoms with Gasteiger partial charge in [0, 0.05) is 32.7 Å². The Morgan fingerprint density at radius 3 is 2.47 bits per heavy atom. The fourth-order valence-electron chi connectivity index (χ4n) is 2.18. The summed E-state index contributed by atoms with van der Waals surface area (Å²) in [6, 6.07) is 11.3. The molecule has 1 aliphatic rings. The Morgan fingerprint density at radius 1 is 1.20 bits per heavy atom. The molecule has 0 saturated carbocycles. The van der Waals surface area contributed by atoms with Crippen LogP contribution < -0.4 is 5.32 Å². The highest BCUT2D eigenvalue weighted by atomic mass is 15.1. The predicted molar refractivity (Wildman–Crippen MR) is 62.8 cm³/mol. The molecule has 0 bridgehead atoms. The van der Waals surface area contributed by atoms with Gasteiger partial charge in [0.15, 0.2) is 0 Å². The van der Waals surface area contributed by atoms with Gasteiger partial charge in [-0.05, 0) is 18.4 Å². The van der Waals surface area contributed by atoms with Crippen molar-refractivity contribution in [1.29, 1.82) is 0 Å². The van der Waals surface area contributed by atoms with E-state index in [1.165, 1.54) is 31.5 Å². The first-order valence-electron chi connectivity index (χ1n) is 5.73. The molecule has 81 valence electrons. The van der Waals surface area contributed by atoms with E-state index in [9.17, 15) is 0 Å². The van der Waals surface area contributed by atoms with Crippen molar-refractivity contribution < 1.29 is 0 Å². The maximum atomic E-state index is 4.36. The summed E-state index contributed by atoms with van der Waals surface area (Å²) in [5.41, 5.74) is 1.42. The topological polar surface area (TPSA) is 17.3 Å². The quantitative estimate of drug-likeness (QED) is 0.733. The number of nitrogens with zero attached hydrogens (tertiary/aromatic N) is 2. The van der Waals surface area contributed by atoms with Crippen LogP contribution in [0.4, 0.5) is 0 Å². The third-order valence-corrected chi connectivity index (χ3v) is 3.17. The lowest BCUT2D eigenvalue weighted by atomic mass is 10.0. The molecule has 2 heteroatoms. The zero-order valence-electron chi connectivity index (χ0n) is 9.39. The van der Waals surface area contributed by atoms with E-state index in [2.05, 4.69) is 40.5 Å². The smallest absolute Gasteiger partial charge is 0.0267 e. The highest BCUT2D eigenvalue weighted by Crippen LogP contribution is 2.13. The van der Waals surface area contributed by atoms with Gasteiger partial charge in [-0.1, -0.05) is 30.3 Å². The number of likely N-dealkylation sites (tertiary alicyclic amines) is 1. The summed E-state index contributed by atoms with van der Waals surface area (Å²) in [6.07, 6.45) is 2.45. The molecule has 0 atom stereocenters. The van der Waals surface area contributed by atoms with Crippen molar-refractivity contribution in [3.63, 3.8) is 0 Å². The lowest BCUT2D eigenvalue weighted by Crippen LogP contribution is -2.38. The zero-order chi connectivity index (χ0) is 10.5. The maximum absolute atomic E-state index is 4.36. The summed E-state index contributed by atoms with van der Waals surface area (Å²) >= 11 is 0. The molecule has 1 saturated heterocycles. The van der Waals surface area contributed by atoms with E-state index in [4.69, 9.17) is 0 Å². The standard InChI is InChI=1S/C13H19N2/c1-14-13-7-9-15(10-8-13)11-12-5-3-2-4-6-12/h2-6,13H,7-11H2,1H3. The Morgan fingerprint density at radius 2 is 1.87 bits per heavy atom. The Bertz CT molecular complexity index is 276. The molecule has 1 aliphatic heterocycles. The minimum atomic E-state index is 0.608. The second-order valence-electron chi connectivity index (χ2n) is 4.25. The van der Waals surface area contributed by atoms with Crippen molar-refractivity contribution in [3.8, 4) is 0 Å². The first kappa shape index (κ1) is 10.7. The molecule has 1 aromatic rings. The highest BCUT2D eigenvalue weighted by Gasteiger charge is 2.17. The van der Waals surface area contributed by atoms with Gasteiger partial charge in [-0.25, -0.2) is 5.32 Å². The van der Waals surface area contributed by atoms with Gasteiger partial charge in [-0.15, -0.1) is 0 Å². The van der Waals surface area contributed by atoms with Crippen molar-refractivity contribution in [2.75, 3.05) is 20.1 Å². The van der Waals surface area contributed by atoms with Gasteiger partial charge in [0.05, 0.1) is 0 Å². The first-order chi connectivity index (χ1) is 7.38. The zero-order valence-corrected chi connectivity index (χ0v) is 9.39. The second kappa shape index (κ2) is 5.29. The van der Waals surface area contributed by atoms with Crippen LogP contribution in [0, 0.1) is 0 Å². The molecule has 15 heavy (non-hydrogen) atoms. The van der Waals surface area contributed by atoms with Crippen molar-refractivity contribution in [2.45, 2.75) is 25.4 Å². The van der Waals surface area contributed by atoms with Crippen LogP contribution in [-0.2, 0) is 6.54 Å². The molecule has 2 nitrogen and oxygen atoms in total. The van der Waals surface area contributed by atoms with E-state index >= 15 is 0 Å². The summed E-state index contributed by atoms with van der Waals surface area (Å²) in [7, 11) is 1.94. The number of benzene rings is 1. The van der Waals surface area contributed by atoms with Crippen LogP contribution in [0.3, 0.4) is 0 Å². The fourth-order valence-corrected chi connectivity index (χ4v) is 2.18. The molecular formula is C13H19N2. The Hall–Kier alpha value is -0.860. The van der Waals surface area contributed by atoms with E-state index in [1.54, 1.807) is 0 Å². The maximum Gasteiger partial charge on any atom is 0.0267 e. The van der Waals surface area contributed by atoms with E-state index in [1.807, 2.05) is 7.05 Å². The molecule has 0 unspecified atom stereocenters. The van der Waals surface area contributed by atoms with E-state index in [0.29, 0.717) is 6.04 Å². The molecule has 1 aromatic carbocycles. The Labute approximate surface area is 92.3 Å². The third-order valence-electron chi connectivity index (χ3n) is 3.17. The number of hydrogen-bond acceptors (Lipinski definition) is 1. The molecule has 1 heterocycles. The Kier molecular flexibility index (Phi) is 3.75. The first-order valence-corrected chi connectivity index (χ1v) is 5.73. The van der Waals surface area contributed by atoms with Crippen molar-refractivity contribution in [2.24, 2.45) is 0 Å². The summed E-state index contributed by atoms with van der Waals surface area (Å²) in [5, 5.41) is 4.36. The molecule has 1 fully saturated rings. The van der Waals surface area contributed by atoms with Crippen molar-refractivity contribution in [3.05, 3.63) is 35.9 Å². The molecule has 0 amide bonds.